The summed E-state index contributed by atoms with van der Waals surface area (Å²) in [5.41, 5.74) is 1.44. The predicted octanol–water partition coefficient (Wildman–Crippen LogP) is 5.81. The maximum absolute atomic E-state index is 12.3. The normalized spacial score (nSPS) is 12.0. The van der Waals surface area contributed by atoms with Crippen molar-refractivity contribution in [2.75, 3.05) is 13.2 Å². The van der Waals surface area contributed by atoms with Crippen LogP contribution in [0.2, 0.25) is 0 Å². The molecule has 0 fully saturated rings. The van der Waals surface area contributed by atoms with Crippen molar-refractivity contribution < 1.29 is 14.3 Å². The summed E-state index contributed by atoms with van der Waals surface area (Å²) in [6, 6.07) is 4.18. The van der Waals surface area contributed by atoms with Crippen molar-refractivity contribution in [1.29, 1.82) is 0 Å². The first-order valence-electron chi connectivity index (χ1n) is 7.83. The number of esters is 1. The van der Waals surface area contributed by atoms with Crippen LogP contribution in [0.15, 0.2) is 18.7 Å². The molecule has 0 atom stereocenters. The van der Waals surface area contributed by atoms with Crippen LogP contribution in [-0.2, 0) is 14.3 Å². The number of hydrogen-bond acceptors (Lipinski definition) is 3. The van der Waals surface area contributed by atoms with E-state index in [1.807, 2.05) is 41.5 Å². The lowest BCUT2D eigenvalue weighted by atomic mass is 9.69. The van der Waals surface area contributed by atoms with Crippen LogP contribution in [-0.4, -0.2) is 19.2 Å². The second-order valence-corrected chi connectivity index (χ2v) is 9.63. The lowest BCUT2D eigenvalue weighted by Crippen LogP contribution is -2.39. The van der Waals surface area contributed by atoms with Gasteiger partial charge in [-0.3, -0.25) is 4.79 Å². The van der Waals surface area contributed by atoms with E-state index in [2.05, 4.69) is 63.9 Å². The summed E-state index contributed by atoms with van der Waals surface area (Å²) in [6.07, 6.45) is 0. The van der Waals surface area contributed by atoms with Gasteiger partial charge < -0.3 is 9.47 Å². The van der Waals surface area contributed by atoms with Crippen molar-refractivity contribution in [3.05, 3.63) is 37.0 Å². The van der Waals surface area contributed by atoms with Crippen molar-refractivity contribution >= 4 is 56.9 Å². The van der Waals surface area contributed by atoms with E-state index in [9.17, 15) is 4.79 Å². The van der Waals surface area contributed by atoms with Crippen LogP contribution in [0.4, 0.5) is 0 Å². The van der Waals surface area contributed by atoms with Gasteiger partial charge in [0.25, 0.3) is 0 Å². The van der Waals surface area contributed by atoms with Crippen molar-refractivity contribution in [1.82, 2.24) is 0 Å². The average Bonchev–Trinajstić information content (AvgIpc) is 2.45. The minimum atomic E-state index is -0.550. The molecule has 1 aromatic carbocycles. The van der Waals surface area contributed by atoms with Crippen LogP contribution in [0.3, 0.4) is 0 Å². The highest BCUT2D eigenvalue weighted by Crippen LogP contribution is 2.38. The minimum absolute atomic E-state index is 0.164. The number of carbonyl (C=O) groups excluding carboxylic acids is 1. The molecule has 1 rings (SSSR count). The van der Waals surface area contributed by atoms with Gasteiger partial charge in [0.05, 0.1) is 5.41 Å². The van der Waals surface area contributed by atoms with Crippen molar-refractivity contribution in [3.8, 4) is 0 Å². The summed E-state index contributed by atoms with van der Waals surface area (Å²) >= 11 is 4.60. The molecule has 0 unspecified atom stereocenters. The number of hydrogen-bond donors (Lipinski definition) is 0. The van der Waals surface area contributed by atoms with Gasteiger partial charge in [0.2, 0.25) is 0 Å². The monoisotopic (exact) mass is 556 g/mol. The predicted molar refractivity (Wildman–Crippen MR) is 116 cm³/mol. The topological polar surface area (TPSA) is 35.5 Å². The van der Waals surface area contributed by atoms with Crippen molar-refractivity contribution in [3.63, 3.8) is 0 Å². The standard InChI is InChI=1S/C19H26I2O3/c1-12-10-14(16(21)15(20)11-12)13(2)23-8-9-24-17(22)19(6,7)18(3,4)5/h10-11H,2,8-9H2,1,3-7H3. The Balaban J connectivity index is 2.58. The van der Waals surface area contributed by atoms with Gasteiger partial charge in [-0.2, -0.15) is 0 Å². The summed E-state index contributed by atoms with van der Waals surface area (Å²) in [7, 11) is 0. The maximum Gasteiger partial charge on any atom is 0.312 e. The minimum Gasteiger partial charge on any atom is -0.490 e. The van der Waals surface area contributed by atoms with Gasteiger partial charge >= 0.3 is 5.97 Å². The van der Waals surface area contributed by atoms with Gasteiger partial charge in [-0.25, -0.2) is 0 Å². The van der Waals surface area contributed by atoms with E-state index in [1.165, 1.54) is 3.57 Å². The van der Waals surface area contributed by atoms with Gasteiger partial charge in [0.1, 0.15) is 19.0 Å². The van der Waals surface area contributed by atoms with Gasteiger partial charge in [0, 0.05) is 12.7 Å². The molecule has 0 saturated carbocycles. The van der Waals surface area contributed by atoms with Crippen LogP contribution in [0.25, 0.3) is 5.76 Å². The first-order chi connectivity index (χ1) is 10.9. The lowest BCUT2D eigenvalue weighted by molar-refractivity contribution is -0.161. The molecule has 0 saturated heterocycles. The average molecular weight is 556 g/mol. The second-order valence-electron chi connectivity index (χ2n) is 7.39. The summed E-state index contributed by atoms with van der Waals surface area (Å²) in [5, 5.41) is 0. The molecule has 0 N–H and O–H groups in total. The van der Waals surface area contributed by atoms with E-state index in [0.29, 0.717) is 12.4 Å². The molecule has 5 heteroatoms. The molecule has 0 aliphatic carbocycles. The summed E-state index contributed by atoms with van der Waals surface area (Å²) in [5.74, 6) is 0.399. The maximum atomic E-state index is 12.3. The van der Waals surface area contributed by atoms with E-state index < -0.39 is 5.41 Å². The van der Waals surface area contributed by atoms with E-state index in [4.69, 9.17) is 9.47 Å². The number of aryl methyl sites for hydroxylation is 1. The fourth-order valence-electron chi connectivity index (χ4n) is 1.79. The molecule has 0 heterocycles. The van der Waals surface area contributed by atoms with E-state index in [0.717, 1.165) is 14.7 Å². The quantitative estimate of drug-likeness (QED) is 0.192. The number of carbonyl (C=O) groups is 1. The number of ether oxygens (including phenoxy) is 2. The van der Waals surface area contributed by atoms with Crippen LogP contribution >= 0.6 is 45.2 Å². The summed E-state index contributed by atoms with van der Waals surface area (Å²) < 4.78 is 13.4. The van der Waals surface area contributed by atoms with Crippen LogP contribution < -0.4 is 0 Å². The van der Waals surface area contributed by atoms with Crippen LogP contribution in [0, 0.1) is 24.9 Å². The van der Waals surface area contributed by atoms with Crippen molar-refractivity contribution in [2.24, 2.45) is 10.8 Å². The molecule has 1 aromatic rings. The Morgan fingerprint density at radius 2 is 1.62 bits per heavy atom. The Hall–Kier alpha value is -0.310. The Kier molecular flexibility index (Phi) is 7.59. The Morgan fingerprint density at radius 3 is 2.17 bits per heavy atom. The van der Waals surface area contributed by atoms with Gasteiger partial charge in [-0.15, -0.1) is 0 Å². The molecule has 0 bridgehead atoms. The SMILES string of the molecule is C=C(OCCOC(=O)C(C)(C)C(C)(C)C)c1cc(C)cc(I)c1I. The van der Waals surface area contributed by atoms with Crippen LogP contribution in [0.5, 0.6) is 0 Å². The zero-order chi connectivity index (χ0) is 18.7. The molecule has 0 amide bonds. The molecular weight excluding hydrogens is 530 g/mol. The zero-order valence-corrected chi connectivity index (χ0v) is 19.6. The third kappa shape index (κ3) is 5.34. The lowest BCUT2D eigenvalue weighted by Gasteiger charge is -2.36. The van der Waals surface area contributed by atoms with E-state index >= 15 is 0 Å². The Morgan fingerprint density at radius 1 is 1.08 bits per heavy atom. The Bertz CT molecular complexity index is 628. The number of halogens is 2. The van der Waals surface area contributed by atoms with Gasteiger partial charge in [0.15, 0.2) is 0 Å². The summed E-state index contributed by atoms with van der Waals surface area (Å²) in [6.45, 7) is 16.5. The van der Waals surface area contributed by atoms with E-state index in [1.54, 1.807) is 0 Å². The fourth-order valence-corrected chi connectivity index (χ4v) is 3.19. The highest BCUT2D eigenvalue weighted by Gasteiger charge is 2.41. The molecular formula is C19H26I2O3. The molecule has 0 radical (unpaired) electrons. The third-order valence-corrected chi connectivity index (χ3v) is 7.50. The smallest absolute Gasteiger partial charge is 0.312 e. The number of rotatable bonds is 6. The molecule has 0 aliphatic heterocycles. The van der Waals surface area contributed by atoms with Crippen LogP contribution in [0.1, 0.15) is 45.7 Å². The summed E-state index contributed by atoms with van der Waals surface area (Å²) in [4.78, 5) is 12.3. The molecule has 3 nitrogen and oxygen atoms in total. The van der Waals surface area contributed by atoms with E-state index in [-0.39, 0.29) is 18.0 Å². The largest absolute Gasteiger partial charge is 0.490 e. The fraction of sp³-hybridized carbons (Fsp3) is 0.526. The van der Waals surface area contributed by atoms with Crippen molar-refractivity contribution in [2.45, 2.75) is 41.5 Å². The molecule has 0 spiro atoms. The Labute approximate surface area is 172 Å². The zero-order valence-electron chi connectivity index (χ0n) is 15.3. The second kappa shape index (κ2) is 8.38. The molecule has 24 heavy (non-hydrogen) atoms. The molecule has 0 aromatic heterocycles. The number of benzene rings is 1. The first-order valence-corrected chi connectivity index (χ1v) is 9.98. The third-order valence-electron chi connectivity index (χ3n) is 4.45. The highest BCUT2D eigenvalue weighted by atomic mass is 127. The van der Waals surface area contributed by atoms with Gasteiger partial charge in [-0.05, 0) is 89.1 Å². The van der Waals surface area contributed by atoms with Gasteiger partial charge in [-0.1, -0.05) is 27.4 Å². The highest BCUT2D eigenvalue weighted by molar-refractivity contribution is 14.1. The molecule has 0 aliphatic rings. The first kappa shape index (κ1) is 21.7. The molecule has 134 valence electrons.